The monoisotopic (exact) mass is 165 g/mol. The van der Waals surface area contributed by atoms with Crippen LogP contribution in [0.2, 0.25) is 0 Å². The number of hydrogen-bond donors (Lipinski definition) is 1. The Hall–Kier alpha value is 0.170. The number of halogens is 1. The van der Waals surface area contributed by atoms with Gasteiger partial charge in [0.1, 0.15) is 17.8 Å². The molecule has 0 aromatic carbocycles. The zero-order valence-corrected chi connectivity index (χ0v) is 6.89. The van der Waals surface area contributed by atoms with Gasteiger partial charge in [0.25, 0.3) is 0 Å². The molecular weight excluding hydrogens is 154 g/mol. The van der Waals surface area contributed by atoms with Crippen molar-refractivity contribution in [3.63, 3.8) is 0 Å². The van der Waals surface area contributed by atoms with E-state index in [4.69, 9.17) is 21.1 Å². The fourth-order valence-corrected chi connectivity index (χ4v) is 1.31. The maximum atomic E-state index is 5.73. The van der Waals surface area contributed by atoms with Gasteiger partial charge in [-0.15, -0.1) is 11.6 Å². The van der Waals surface area contributed by atoms with Crippen LogP contribution < -0.4 is 5.32 Å². The quantitative estimate of drug-likeness (QED) is 0.489. The molecule has 1 rings (SSSR count). The SMILES string of the molecule is CCOC1N[C@@H](Cl)C1OC. The first kappa shape index (κ1) is 8.27. The first-order valence-electron chi connectivity index (χ1n) is 3.34. The molecule has 2 unspecified atom stereocenters. The molecule has 3 atom stereocenters. The second-order valence-corrected chi connectivity index (χ2v) is 2.61. The van der Waals surface area contributed by atoms with E-state index >= 15 is 0 Å². The maximum Gasteiger partial charge on any atom is 0.138 e. The van der Waals surface area contributed by atoms with Crippen molar-refractivity contribution >= 4 is 11.6 Å². The Kier molecular flexibility index (Phi) is 2.92. The molecule has 0 aromatic heterocycles. The largest absolute Gasteiger partial charge is 0.374 e. The maximum absolute atomic E-state index is 5.73. The molecule has 0 spiro atoms. The van der Waals surface area contributed by atoms with Crippen LogP contribution >= 0.6 is 11.6 Å². The second-order valence-electron chi connectivity index (χ2n) is 2.14. The number of ether oxygens (including phenoxy) is 2. The van der Waals surface area contributed by atoms with E-state index in [1.54, 1.807) is 7.11 Å². The Morgan fingerprint density at radius 3 is 2.70 bits per heavy atom. The summed E-state index contributed by atoms with van der Waals surface area (Å²) >= 11 is 5.73. The Bertz CT molecular complexity index is 110. The zero-order valence-electron chi connectivity index (χ0n) is 6.13. The summed E-state index contributed by atoms with van der Waals surface area (Å²) in [6, 6.07) is 0. The molecule has 0 aliphatic carbocycles. The van der Waals surface area contributed by atoms with E-state index < -0.39 is 0 Å². The average molecular weight is 166 g/mol. The number of hydrogen-bond acceptors (Lipinski definition) is 3. The summed E-state index contributed by atoms with van der Waals surface area (Å²) in [5.74, 6) is 0. The van der Waals surface area contributed by atoms with Crippen LogP contribution in [0.4, 0.5) is 0 Å². The van der Waals surface area contributed by atoms with Crippen molar-refractivity contribution < 1.29 is 9.47 Å². The third kappa shape index (κ3) is 1.42. The predicted octanol–water partition coefficient (Wildman–Crippen LogP) is 0.532. The molecule has 0 radical (unpaired) electrons. The van der Waals surface area contributed by atoms with Crippen molar-refractivity contribution in [1.82, 2.24) is 5.32 Å². The Labute approximate surface area is 65.6 Å². The van der Waals surface area contributed by atoms with Crippen LogP contribution in [-0.2, 0) is 9.47 Å². The van der Waals surface area contributed by atoms with Crippen LogP contribution in [0.1, 0.15) is 6.92 Å². The van der Waals surface area contributed by atoms with Crippen LogP contribution in [0, 0.1) is 0 Å². The van der Waals surface area contributed by atoms with Gasteiger partial charge in [-0.1, -0.05) is 0 Å². The van der Waals surface area contributed by atoms with Crippen molar-refractivity contribution in [3.05, 3.63) is 0 Å². The molecule has 0 aromatic rings. The van der Waals surface area contributed by atoms with Gasteiger partial charge in [-0.05, 0) is 6.92 Å². The minimum Gasteiger partial charge on any atom is -0.374 e. The van der Waals surface area contributed by atoms with Crippen LogP contribution in [0.3, 0.4) is 0 Å². The first-order valence-corrected chi connectivity index (χ1v) is 3.77. The van der Waals surface area contributed by atoms with Gasteiger partial charge >= 0.3 is 0 Å². The lowest BCUT2D eigenvalue weighted by atomic mass is 10.2. The summed E-state index contributed by atoms with van der Waals surface area (Å²) in [7, 11) is 1.63. The summed E-state index contributed by atoms with van der Waals surface area (Å²) in [4.78, 5) is 0. The number of methoxy groups -OCH3 is 1. The van der Waals surface area contributed by atoms with E-state index in [0.717, 1.165) is 0 Å². The fourth-order valence-electron chi connectivity index (χ4n) is 0.947. The number of nitrogens with one attached hydrogen (secondary N) is 1. The highest BCUT2D eigenvalue weighted by molar-refractivity contribution is 6.21. The van der Waals surface area contributed by atoms with E-state index in [2.05, 4.69) is 5.32 Å². The molecule has 60 valence electrons. The molecule has 3 nitrogen and oxygen atoms in total. The summed E-state index contributed by atoms with van der Waals surface area (Å²) < 4.78 is 10.3. The molecule has 4 heteroatoms. The molecule has 1 heterocycles. The van der Waals surface area contributed by atoms with Crippen molar-refractivity contribution in [2.24, 2.45) is 0 Å². The summed E-state index contributed by atoms with van der Waals surface area (Å²) in [6.45, 7) is 2.62. The summed E-state index contributed by atoms with van der Waals surface area (Å²) in [5.41, 5.74) is -0.0958. The Morgan fingerprint density at radius 2 is 2.30 bits per heavy atom. The molecule has 10 heavy (non-hydrogen) atoms. The summed E-state index contributed by atoms with van der Waals surface area (Å²) in [6.07, 6.45) is -0.0147. The third-order valence-electron chi connectivity index (χ3n) is 1.53. The molecule has 1 N–H and O–H groups in total. The van der Waals surface area contributed by atoms with Gasteiger partial charge < -0.3 is 9.47 Å². The van der Waals surface area contributed by atoms with Gasteiger partial charge in [0.15, 0.2) is 0 Å². The van der Waals surface area contributed by atoms with Gasteiger partial charge in [-0.2, -0.15) is 0 Å². The Morgan fingerprint density at radius 1 is 1.60 bits per heavy atom. The molecule has 1 fully saturated rings. The molecule has 1 aliphatic heterocycles. The molecule has 1 aliphatic rings. The Balaban J connectivity index is 2.23. The number of alkyl halides is 1. The summed E-state index contributed by atoms with van der Waals surface area (Å²) in [5, 5.41) is 2.96. The van der Waals surface area contributed by atoms with Crippen LogP contribution in [0.15, 0.2) is 0 Å². The zero-order chi connectivity index (χ0) is 7.56. The van der Waals surface area contributed by atoms with E-state index in [1.807, 2.05) is 6.92 Å². The van der Waals surface area contributed by atoms with Crippen molar-refractivity contribution in [3.8, 4) is 0 Å². The van der Waals surface area contributed by atoms with E-state index in [-0.39, 0.29) is 17.8 Å². The van der Waals surface area contributed by atoms with Gasteiger partial charge in [-0.3, -0.25) is 5.32 Å². The van der Waals surface area contributed by atoms with Gasteiger partial charge in [0.05, 0.1) is 0 Å². The van der Waals surface area contributed by atoms with Crippen LogP contribution in [0.5, 0.6) is 0 Å². The van der Waals surface area contributed by atoms with Gasteiger partial charge in [0, 0.05) is 13.7 Å². The highest BCUT2D eigenvalue weighted by Crippen LogP contribution is 2.19. The van der Waals surface area contributed by atoms with E-state index in [9.17, 15) is 0 Å². The molecular formula is C6H12ClNO2. The van der Waals surface area contributed by atoms with Crippen LogP contribution in [0.25, 0.3) is 0 Å². The standard InChI is InChI=1S/C6H12ClNO2/c1-3-10-6-4(9-2)5(7)8-6/h4-6,8H,3H2,1-2H3/t4?,5-,6?/m1/s1. The number of rotatable bonds is 3. The van der Waals surface area contributed by atoms with E-state index in [0.29, 0.717) is 6.61 Å². The van der Waals surface area contributed by atoms with Gasteiger partial charge in [0.2, 0.25) is 0 Å². The molecule has 1 saturated heterocycles. The minimum atomic E-state index is -0.0958. The highest BCUT2D eigenvalue weighted by atomic mass is 35.5. The molecule has 0 amide bonds. The normalized spacial score (nSPS) is 39.3. The van der Waals surface area contributed by atoms with Crippen LogP contribution in [-0.4, -0.2) is 31.5 Å². The van der Waals surface area contributed by atoms with Crippen molar-refractivity contribution in [1.29, 1.82) is 0 Å². The van der Waals surface area contributed by atoms with Crippen molar-refractivity contribution in [2.75, 3.05) is 13.7 Å². The van der Waals surface area contributed by atoms with Gasteiger partial charge in [-0.25, -0.2) is 0 Å². The lowest BCUT2D eigenvalue weighted by Gasteiger charge is -2.40. The lowest BCUT2D eigenvalue weighted by Crippen LogP contribution is -2.64. The molecule has 0 bridgehead atoms. The van der Waals surface area contributed by atoms with E-state index in [1.165, 1.54) is 0 Å². The lowest BCUT2D eigenvalue weighted by molar-refractivity contribution is -0.130. The predicted molar refractivity (Wildman–Crippen MR) is 39.0 cm³/mol. The second kappa shape index (κ2) is 3.53. The smallest absolute Gasteiger partial charge is 0.138 e. The average Bonchev–Trinajstić information content (AvgIpc) is 1.88. The highest BCUT2D eigenvalue weighted by Gasteiger charge is 2.39. The minimum absolute atomic E-state index is 0.00150. The third-order valence-corrected chi connectivity index (χ3v) is 1.90. The first-order chi connectivity index (χ1) is 4.79. The topological polar surface area (TPSA) is 30.5 Å². The van der Waals surface area contributed by atoms with Crippen molar-refractivity contribution in [2.45, 2.75) is 24.8 Å². The fraction of sp³-hybridized carbons (Fsp3) is 1.00. The molecule has 0 saturated carbocycles.